The van der Waals surface area contributed by atoms with Crippen LogP contribution in [0.1, 0.15) is 6.92 Å². The summed E-state index contributed by atoms with van der Waals surface area (Å²) in [7, 11) is 1.94. The third-order valence-electron chi connectivity index (χ3n) is 1.52. The molecule has 1 unspecified atom stereocenters. The van der Waals surface area contributed by atoms with Crippen molar-refractivity contribution in [3.8, 4) is 0 Å². The Balaban J connectivity index is 3.26. The highest BCUT2D eigenvalue weighted by Crippen LogP contribution is 1.91. The molecule has 0 aromatic carbocycles. The van der Waals surface area contributed by atoms with Gasteiger partial charge >= 0.3 is 0 Å². The summed E-state index contributed by atoms with van der Waals surface area (Å²) in [6.45, 7) is 4.86. The van der Waals surface area contributed by atoms with Crippen LogP contribution in [-0.4, -0.2) is 55.3 Å². The van der Waals surface area contributed by atoms with Gasteiger partial charge < -0.3 is 14.7 Å². The zero-order valence-corrected chi connectivity index (χ0v) is 8.55. The zero-order chi connectivity index (χ0) is 9.40. The van der Waals surface area contributed by atoms with E-state index >= 15 is 0 Å². The molecule has 0 spiro atoms. The third kappa shape index (κ3) is 6.85. The molecule has 4 heteroatoms. The normalized spacial score (nSPS) is 13.8. The minimum atomic E-state index is -0.432. The molecule has 0 saturated carbocycles. The van der Waals surface area contributed by atoms with Gasteiger partial charge in [0.05, 0.1) is 12.7 Å². The Labute approximate surface area is 79.3 Å². The summed E-state index contributed by atoms with van der Waals surface area (Å²) in [5, 5.41) is 9.17. The molecule has 0 amide bonds. The molecule has 0 fully saturated rings. The predicted octanol–water partition coefficient (Wildman–Crippen LogP) is 0.554. The van der Waals surface area contributed by atoms with E-state index in [1.165, 1.54) is 0 Å². The fourth-order valence-corrected chi connectivity index (χ4v) is 0.962. The summed E-state index contributed by atoms with van der Waals surface area (Å²) in [6, 6.07) is 0. The van der Waals surface area contributed by atoms with Gasteiger partial charge in [0.25, 0.3) is 0 Å². The maximum absolute atomic E-state index is 9.17. The van der Waals surface area contributed by atoms with Gasteiger partial charge in [-0.1, -0.05) is 0 Å². The van der Waals surface area contributed by atoms with Crippen LogP contribution >= 0.6 is 11.6 Å². The van der Waals surface area contributed by atoms with E-state index in [2.05, 4.69) is 0 Å². The second-order valence-electron chi connectivity index (χ2n) is 2.77. The molecule has 0 radical (unpaired) electrons. The SMILES string of the molecule is CCOCCN(C)CC(O)CCl. The van der Waals surface area contributed by atoms with E-state index in [0.717, 1.165) is 13.2 Å². The third-order valence-corrected chi connectivity index (χ3v) is 1.88. The molecule has 0 bridgehead atoms. The lowest BCUT2D eigenvalue weighted by Crippen LogP contribution is -2.32. The molecule has 0 aromatic rings. The fraction of sp³-hybridized carbons (Fsp3) is 1.00. The Morgan fingerprint density at radius 2 is 2.25 bits per heavy atom. The van der Waals surface area contributed by atoms with Crippen LogP contribution in [0.5, 0.6) is 0 Å². The first kappa shape index (κ1) is 12.2. The summed E-state index contributed by atoms with van der Waals surface area (Å²) in [5.41, 5.74) is 0. The quantitative estimate of drug-likeness (QED) is 0.476. The van der Waals surface area contributed by atoms with Crippen molar-refractivity contribution in [1.29, 1.82) is 0 Å². The second kappa shape index (κ2) is 7.80. The number of halogens is 1. The van der Waals surface area contributed by atoms with Crippen LogP contribution in [0.15, 0.2) is 0 Å². The second-order valence-corrected chi connectivity index (χ2v) is 3.08. The minimum Gasteiger partial charge on any atom is -0.391 e. The molecule has 12 heavy (non-hydrogen) atoms. The van der Waals surface area contributed by atoms with Crippen LogP contribution in [0.25, 0.3) is 0 Å². The molecule has 3 nitrogen and oxygen atoms in total. The van der Waals surface area contributed by atoms with Crippen molar-refractivity contribution in [3.63, 3.8) is 0 Å². The van der Waals surface area contributed by atoms with Crippen molar-refractivity contribution in [3.05, 3.63) is 0 Å². The lowest BCUT2D eigenvalue weighted by Gasteiger charge is -2.18. The van der Waals surface area contributed by atoms with Crippen LogP contribution in [0.2, 0.25) is 0 Å². The average molecular weight is 196 g/mol. The predicted molar refractivity (Wildman–Crippen MR) is 50.7 cm³/mol. The first-order valence-corrected chi connectivity index (χ1v) is 4.74. The molecule has 0 aromatic heterocycles. The molecule has 0 heterocycles. The summed E-state index contributed by atoms with van der Waals surface area (Å²) in [6.07, 6.45) is -0.432. The Morgan fingerprint density at radius 3 is 2.75 bits per heavy atom. The van der Waals surface area contributed by atoms with Crippen molar-refractivity contribution in [2.45, 2.75) is 13.0 Å². The maximum Gasteiger partial charge on any atom is 0.0802 e. The van der Waals surface area contributed by atoms with E-state index in [0.29, 0.717) is 19.0 Å². The number of alkyl halides is 1. The Kier molecular flexibility index (Phi) is 7.91. The fourth-order valence-electron chi connectivity index (χ4n) is 0.865. The summed E-state index contributed by atoms with van der Waals surface area (Å²) in [5.74, 6) is 0.291. The van der Waals surface area contributed by atoms with Crippen molar-refractivity contribution >= 4 is 11.6 Å². The first-order chi connectivity index (χ1) is 5.70. The van der Waals surface area contributed by atoms with E-state index in [4.69, 9.17) is 16.3 Å². The highest BCUT2D eigenvalue weighted by molar-refractivity contribution is 6.18. The van der Waals surface area contributed by atoms with E-state index in [1.807, 2.05) is 18.9 Å². The lowest BCUT2D eigenvalue weighted by molar-refractivity contribution is 0.0967. The number of aliphatic hydroxyl groups excluding tert-OH is 1. The summed E-state index contributed by atoms with van der Waals surface area (Å²) in [4.78, 5) is 2.00. The maximum atomic E-state index is 9.17. The lowest BCUT2D eigenvalue weighted by atomic mass is 10.4. The van der Waals surface area contributed by atoms with E-state index < -0.39 is 6.10 Å². The van der Waals surface area contributed by atoms with Gasteiger partial charge in [-0.2, -0.15) is 0 Å². The van der Waals surface area contributed by atoms with Gasteiger partial charge in [0.1, 0.15) is 0 Å². The standard InChI is InChI=1S/C8H18ClNO2/c1-3-12-5-4-10(2)7-8(11)6-9/h8,11H,3-7H2,1-2H3. The monoisotopic (exact) mass is 195 g/mol. The topological polar surface area (TPSA) is 32.7 Å². The van der Waals surface area contributed by atoms with Crippen molar-refractivity contribution < 1.29 is 9.84 Å². The van der Waals surface area contributed by atoms with Crippen molar-refractivity contribution in [2.75, 3.05) is 39.2 Å². The number of hydrogen-bond donors (Lipinski definition) is 1. The number of hydrogen-bond acceptors (Lipinski definition) is 3. The Morgan fingerprint density at radius 1 is 1.58 bits per heavy atom. The average Bonchev–Trinajstić information content (AvgIpc) is 2.05. The molecule has 0 rings (SSSR count). The molecule has 0 saturated heterocycles. The van der Waals surface area contributed by atoms with Crippen molar-refractivity contribution in [1.82, 2.24) is 4.90 Å². The molecule has 74 valence electrons. The van der Waals surface area contributed by atoms with Gasteiger partial charge in [-0.3, -0.25) is 0 Å². The van der Waals surface area contributed by atoms with Gasteiger partial charge in [0.2, 0.25) is 0 Å². The summed E-state index contributed by atoms with van der Waals surface area (Å²) >= 11 is 5.45. The van der Waals surface area contributed by atoms with Crippen LogP contribution in [0.3, 0.4) is 0 Å². The van der Waals surface area contributed by atoms with Gasteiger partial charge in [0, 0.05) is 25.6 Å². The van der Waals surface area contributed by atoms with Crippen LogP contribution in [-0.2, 0) is 4.74 Å². The number of ether oxygens (including phenoxy) is 1. The summed E-state index contributed by atoms with van der Waals surface area (Å²) < 4.78 is 5.16. The highest BCUT2D eigenvalue weighted by atomic mass is 35.5. The first-order valence-electron chi connectivity index (χ1n) is 4.21. The number of likely N-dealkylation sites (N-methyl/N-ethyl adjacent to an activating group) is 1. The molecule has 1 atom stereocenters. The zero-order valence-electron chi connectivity index (χ0n) is 7.79. The number of aliphatic hydroxyl groups is 1. The molecule has 0 aliphatic rings. The van der Waals surface area contributed by atoms with E-state index in [1.54, 1.807) is 0 Å². The van der Waals surface area contributed by atoms with Crippen molar-refractivity contribution in [2.24, 2.45) is 0 Å². The van der Waals surface area contributed by atoms with E-state index in [9.17, 15) is 5.11 Å². The molecule has 1 N–H and O–H groups in total. The molecular formula is C8H18ClNO2. The van der Waals surface area contributed by atoms with E-state index in [-0.39, 0.29) is 0 Å². The molecule has 0 aliphatic heterocycles. The van der Waals surface area contributed by atoms with Crippen LogP contribution in [0, 0.1) is 0 Å². The largest absolute Gasteiger partial charge is 0.391 e. The van der Waals surface area contributed by atoms with Gasteiger partial charge in [-0.25, -0.2) is 0 Å². The Hall–Kier alpha value is 0.170. The van der Waals surface area contributed by atoms with Gasteiger partial charge in [0.15, 0.2) is 0 Å². The highest BCUT2D eigenvalue weighted by Gasteiger charge is 2.05. The van der Waals surface area contributed by atoms with Gasteiger partial charge in [-0.05, 0) is 14.0 Å². The number of nitrogens with zero attached hydrogens (tertiary/aromatic N) is 1. The van der Waals surface area contributed by atoms with Crippen LogP contribution < -0.4 is 0 Å². The smallest absolute Gasteiger partial charge is 0.0802 e. The minimum absolute atomic E-state index is 0.291. The van der Waals surface area contributed by atoms with Gasteiger partial charge in [-0.15, -0.1) is 11.6 Å². The molecule has 0 aliphatic carbocycles. The Bertz CT molecular complexity index is 103. The van der Waals surface area contributed by atoms with Crippen LogP contribution in [0.4, 0.5) is 0 Å². The number of rotatable bonds is 7. The molecular weight excluding hydrogens is 178 g/mol.